The largest absolute Gasteiger partial charge is 0.370 e. The van der Waals surface area contributed by atoms with Crippen LogP contribution in [-0.2, 0) is 12.1 Å². The van der Waals surface area contributed by atoms with Gasteiger partial charge in [-0.15, -0.1) is 30.6 Å². The van der Waals surface area contributed by atoms with E-state index in [0.29, 0.717) is 19.0 Å². The molecule has 1 aromatic rings. The zero-order valence-corrected chi connectivity index (χ0v) is 13.4. The molecule has 0 aliphatic rings. The molecule has 102 valence electrons. The van der Waals surface area contributed by atoms with Gasteiger partial charge in [0.2, 0.25) is 0 Å². The molecule has 0 bridgehead atoms. The summed E-state index contributed by atoms with van der Waals surface area (Å²) >= 11 is 0. The van der Waals surface area contributed by atoms with Gasteiger partial charge >= 0.3 is 0 Å². The van der Waals surface area contributed by atoms with E-state index in [0.717, 1.165) is 5.82 Å². The molecule has 0 amide bonds. The first-order valence-electron chi connectivity index (χ1n) is 5.49. The fraction of sp³-hybridized carbons (Fsp3) is 0.545. The SMILES string of the molecule is C=CCNC(N)=NCc1ncnn1C(C)(C)C.I. The maximum atomic E-state index is 5.67. The average Bonchev–Trinajstić information content (AvgIpc) is 2.71. The van der Waals surface area contributed by atoms with Gasteiger partial charge in [0.15, 0.2) is 5.96 Å². The summed E-state index contributed by atoms with van der Waals surface area (Å²) in [6.07, 6.45) is 3.25. The summed E-state index contributed by atoms with van der Waals surface area (Å²) in [5.41, 5.74) is 5.56. The van der Waals surface area contributed by atoms with Crippen molar-refractivity contribution in [2.45, 2.75) is 32.9 Å². The van der Waals surface area contributed by atoms with Gasteiger partial charge in [0, 0.05) is 6.54 Å². The van der Waals surface area contributed by atoms with Crippen molar-refractivity contribution < 1.29 is 0 Å². The molecule has 0 unspecified atom stereocenters. The molecular weight excluding hydrogens is 343 g/mol. The Kier molecular flexibility index (Phi) is 6.89. The second-order valence-electron chi connectivity index (χ2n) is 4.63. The lowest BCUT2D eigenvalue weighted by Gasteiger charge is -2.20. The predicted molar refractivity (Wildman–Crippen MR) is 84.0 cm³/mol. The van der Waals surface area contributed by atoms with Crippen molar-refractivity contribution in [3.63, 3.8) is 0 Å². The number of halogens is 1. The third-order valence-corrected chi connectivity index (χ3v) is 2.07. The molecule has 0 atom stereocenters. The zero-order chi connectivity index (χ0) is 12.9. The van der Waals surface area contributed by atoms with Gasteiger partial charge in [0.1, 0.15) is 18.7 Å². The minimum atomic E-state index is -0.106. The lowest BCUT2D eigenvalue weighted by Crippen LogP contribution is -2.32. The minimum Gasteiger partial charge on any atom is -0.370 e. The van der Waals surface area contributed by atoms with Crippen LogP contribution < -0.4 is 11.1 Å². The number of hydrogen-bond acceptors (Lipinski definition) is 3. The normalized spacial score (nSPS) is 11.8. The summed E-state index contributed by atoms with van der Waals surface area (Å²) in [5.74, 6) is 1.18. The van der Waals surface area contributed by atoms with Crippen LogP contribution in [0.2, 0.25) is 0 Å². The number of nitrogens with zero attached hydrogens (tertiary/aromatic N) is 4. The summed E-state index contributed by atoms with van der Waals surface area (Å²) in [6, 6.07) is 0. The maximum Gasteiger partial charge on any atom is 0.189 e. The minimum absolute atomic E-state index is 0. The summed E-state index contributed by atoms with van der Waals surface area (Å²) in [5, 5.41) is 7.09. The molecule has 7 heteroatoms. The van der Waals surface area contributed by atoms with Crippen molar-refractivity contribution in [3.8, 4) is 0 Å². The Balaban J connectivity index is 0.00000289. The van der Waals surface area contributed by atoms with Crippen molar-refractivity contribution in [2.75, 3.05) is 6.54 Å². The number of rotatable bonds is 4. The standard InChI is InChI=1S/C11H20N6.HI/c1-5-6-13-10(12)14-7-9-15-8-16-17(9)11(2,3)4;/h5,8H,1,6-7H2,2-4H3,(H3,12,13,14);1H. The van der Waals surface area contributed by atoms with Crippen LogP contribution in [0.15, 0.2) is 24.0 Å². The molecule has 1 heterocycles. The number of hydrogen-bond donors (Lipinski definition) is 2. The molecule has 0 aliphatic carbocycles. The molecule has 0 radical (unpaired) electrons. The molecule has 6 nitrogen and oxygen atoms in total. The Morgan fingerprint density at radius 1 is 1.61 bits per heavy atom. The van der Waals surface area contributed by atoms with Gasteiger partial charge in [-0.3, -0.25) is 0 Å². The van der Waals surface area contributed by atoms with E-state index < -0.39 is 0 Å². The van der Waals surface area contributed by atoms with Gasteiger partial charge < -0.3 is 11.1 Å². The topological polar surface area (TPSA) is 81.1 Å². The van der Waals surface area contributed by atoms with Crippen molar-refractivity contribution in [2.24, 2.45) is 10.7 Å². The Labute approximate surface area is 125 Å². The highest BCUT2D eigenvalue weighted by molar-refractivity contribution is 14.0. The van der Waals surface area contributed by atoms with Gasteiger partial charge in [-0.25, -0.2) is 14.7 Å². The molecule has 0 spiro atoms. The van der Waals surface area contributed by atoms with E-state index in [-0.39, 0.29) is 29.5 Å². The van der Waals surface area contributed by atoms with Gasteiger partial charge in [-0.2, -0.15) is 5.10 Å². The molecule has 1 aromatic heterocycles. The number of aliphatic imine (C=N–C) groups is 1. The highest BCUT2D eigenvalue weighted by atomic mass is 127. The second-order valence-corrected chi connectivity index (χ2v) is 4.63. The van der Waals surface area contributed by atoms with Gasteiger partial charge in [-0.05, 0) is 20.8 Å². The molecule has 0 aromatic carbocycles. The molecular formula is C11H21IN6. The van der Waals surface area contributed by atoms with Crippen LogP contribution in [0.1, 0.15) is 26.6 Å². The highest BCUT2D eigenvalue weighted by Gasteiger charge is 2.17. The predicted octanol–water partition coefficient (Wildman–Crippen LogP) is 1.24. The lowest BCUT2D eigenvalue weighted by molar-refractivity contribution is 0.342. The van der Waals surface area contributed by atoms with Crippen LogP contribution in [0.4, 0.5) is 0 Å². The van der Waals surface area contributed by atoms with E-state index in [1.54, 1.807) is 6.08 Å². The molecule has 0 saturated carbocycles. The van der Waals surface area contributed by atoms with Crippen LogP contribution in [-0.4, -0.2) is 27.3 Å². The quantitative estimate of drug-likeness (QED) is 0.365. The Morgan fingerprint density at radius 2 is 2.28 bits per heavy atom. The van der Waals surface area contributed by atoms with Crippen molar-refractivity contribution >= 4 is 29.9 Å². The average molecular weight is 364 g/mol. The summed E-state index contributed by atoms with van der Waals surface area (Å²) in [7, 11) is 0. The van der Waals surface area contributed by atoms with Crippen LogP contribution in [0, 0.1) is 0 Å². The monoisotopic (exact) mass is 364 g/mol. The Hall–Kier alpha value is -1.12. The van der Waals surface area contributed by atoms with Crippen LogP contribution in [0.25, 0.3) is 0 Å². The first-order valence-corrected chi connectivity index (χ1v) is 5.49. The second kappa shape index (κ2) is 7.34. The van der Waals surface area contributed by atoms with Gasteiger partial charge in [0.25, 0.3) is 0 Å². The van der Waals surface area contributed by atoms with E-state index >= 15 is 0 Å². The van der Waals surface area contributed by atoms with Crippen molar-refractivity contribution in [3.05, 3.63) is 24.8 Å². The van der Waals surface area contributed by atoms with Gasteiger partial charge in [0.05, 0.1) is 5.54 Å². The van der Waals surface area contributed by atoms with E-state index in [1.807, 2.05) is 4.68 Å². The number of guanidine groups is 1. The highest BCUT2D eigenvalue weighted by Crippen LogP contribution is 2.14. The summed E-state index contributed by atoms with van der Waals surface area (Å²) < 4.78 is 1.84. The molecule has 18 heavy (non-hydrogen) atoms. The van der Waals surface area contributed by atoms with E-state index in [2.05, 4.69) is 47.7 Å². The molecule has 1 rings (SSSR count). The third-order valence-electron chi connectivity index (χ3n) is 2.07. The number of nitrogens with two attached hydrogens (primary N) is 1. The first-order chi connectivity index (χ1) is 7.95. The maximum absolute atomic E-state index is 5.67. The van der Waals surface area contributed by atoms with Crippen LogP contribution in [0.5, 0.6) is 0 Å². The van der Waals surface area contributed by atoms with Crippen molar-refractivity contribution in [1.82, 2.24) is 20.1 Å². The molecule has 0 saturated heterocycles. The summed E-state index contributed by atoms with van der Waals surface area (Å²) in [6.45, 7) is 10.8. The summed E-state index contributed by atoms with van der Waals surface area (Å²) in [4.78, 5) is 8.37. The lowest BCUT2D eigenvalue weighted by atomic mass is 10.1. The number of aromatic nitrogens is 3. The van der Waals surface area contributed by atoms with Crippen molar-refractivity contribution in [1.29, 1.82) is 0 Å². The third kappa shape index (κ3) is 5.03. The molecule has 0 fully saturated rings. The zero-order valence-electron chi connectivity index (χ0n) is 11.1. The Bertz CT molecular complexity index is 404. The van der Waals surface area contributed by atoms with Gasteiger partial charge in [-0.1, -0.05) is 6.08 Å². The smallest absolute Gasteiger partial charge is 0.189 e. The van der Waals surface area contributed by atoms with Crippen LogP contribution >= 0.6 is 24.0 Å². The Morgan fingerprint density at radius 3 is 2.83 bits per heavy atom. The van der Waals surface area contributed by atoms with E-state index in [4.69, 9.17) is 5.73 Å². The van der Waals surface area contributed by atoms with E-state index in [1.165, 1.54) is 6.33 Å². The van der Waals surface area contributed by atoms with E-state index in [9.17, 15) is 0 Å². The molecule has 3 N–H and O–H groups in total. The fourth-order valence-electron chi connectivity index (χ4n) is 1.32. The fourth-order valence-corrected chi connectivity index (χ4v) is 1.32. The number of nitrogens with one attached hydrogen (secondary N) is 1. The molecule has 0 aliphatic heterocycles. The van der Waals surface area contributed by atoms with Crippen LogP contribution in [0.3, 0.4) is 0 Å². The first kappa shape index (κ1) is 16.9.